The van der Waals surface area contributed by atoms with E-state index in [1.54, 1.807) is 0 Å². The summed E-state index contributed by atoms with van der Waals surface area (Å²) in [5, 5.41) is 7.84. The molecule has 0 aliphatic heterocycles. The first kappa shape index (κ1) is 13.3. The fourth-order valence-corrected chi connectivity index (χ4v) is 2.47. The number of nitrogens with one attached hydrogen (secondary N) is 1. The van der Waals surface area contributed by atoms with E-state index >= 15 is 0 Å². The molecule has 0 fully saturated rings. The van der Waals surface area contributed by atoms with Crippen LogP contribution in [0.4, 0.5) is 0 Å². The van der Waals surface area contributed by atoms with Gasteiger partial charge in [0.15, 0.2) is 0 Å². The fraction of sp³-hybridized carbons (Fsp3) is 0.357. The Labute approximate surface area is 116 Å². The first-order chi connectivity index (χ1) is 8.52. The Morgan fingerprint density at radius 2 is 2.00 bits per heavy atom. The minimum atomic E-state index is 0.279. The monoisotopic (exact) mass is 307 g/mol. The van der Waals surface area contributed by atoms with Gasteiger partial charge in [-0.2, -0.15) is 5.10 Å². The Hall–Kier alpha value is -1.13. The third-order valence-electron chi connectivity index (χ3n) is 3.13. The van der Waals surface area contributed by atoms with Gasteiger partial charge in [-0.1, -0.05) is 15.9 Å². The van der Waals surface area contributed by atoms with Crippen LogP contribution in [0.1, 0.15) is 29.9 Å². The zero-order chi connectivity index (χ0) is 13.3. The molecule has 96 valence electrons. The number of nitrogens with zero attached hydrogens (tertiary/aromatic N) is 2. The Morgan fingerprint density at radius 3 is 2.56 bits per heavy atom. The van der Waals surface area contributed by atoms with Crippen molar-refractivity contribution in [1.82, 2.24) is 15.1 Å². The molecule has 0 radical (unpaired) electrons. The largest absolute Gasteiger partial charge is 0.313 e. The molecular weight excluding hydrogens is 290 g/mol. The van der Waals surface area contributed by atoms with Crippen LogP contribution >= 0.6 is 15.9 Å². The van der Waals surface area contributed by atoms with Crippen LogP contribution in [0.3, 0.4) is 0 Å². The van der Waals surface area contributed by atoms with Crippen molar-refractivity contribution in [2.24, 2.45) is 0 Å². The van der Waals surface area contributed by atoms with E-state index in [4.69, 9.17) is 0 Å². The normalized spacial score (nSPS) is 12.7. The molecule has 1 unspecified atom stereocenters. The van der Waals surface area contributed by atoms with Gasteiger partial charge in [-0.05, 0) is 57.6 Å². The third-order valence-corrected chi connectivity index (χ3v) is 3.62. The van der Waals surface area contributed by atoms with Crippen molar-refractivity contribution in [2.45, 2.75) is 26.8 Å². The molecule has 0 saturated heterocycles. The average molecular weight is 308 g/mol. The maximum absolute atomic E-state index is 4.56. The minimum Gasteiger partial charge on any atom is -0.313 e. The SMILES string of the molecule is CNC(C)c1cc(Br)ccc1-n1nc(C)cc1C. The summed E-state index contributed by atoms with van der Waals surface area (Å²) in [7, 11) is 1.97. The molecule has 2 rings (SSSR count). The van der Waals surface area contributed by atoms with Gasteiger partial charge in [0.2, 0.25) is 0 Å². The first-order valence-corrected chi connectivity index (χ1v) is 6.82. The number of aromatic nitrogens is 2. The molecule has 1 heterocycles. The maximum atomic E-state index is 4.56. The highest BCUT2D eigenvalue weighted by atomic mass is 79.9. The van der Waals surface area contributed by atoms with Gasteiger partial charge in [-0.3, -0.25) is 0 Å². The molecule has 2 aromatic rings. The van der Waals surface area contributed by atoms with Crippen LogP contribution in [-0.2, 0) is 0 Å². The molecule has 1 aromatic heterocycles. The number of aryl methyl sites for hydroxylation is 2. The van der Waals surface area contributed by atoms with E-state index in [-0.39, 0.29) is 6.04 Å². The smallest absolute Gasteiger partial charge is 0.0697 e. The molecule has 1 aromatic carbocycles. The fourth-order valence-electron chi connectivity index (χ4n) is 2.09. The lowest BCUT2D eigenvalue weighted by molar-refractivity contribution is 0.642. The van der Waals surface area contributed by atoms with Crippen LogP contribution in [0.5, 0.6) is 0 Å². The van der Waals surface area contributed by atoms with Crippen LogP contribution in [0.15, 0.2) is 28.7 Å². The molecule has 0 bridgehead atoms. The molecule has 0 aliphatic carbocycles. The zero-order valence-corrected chi connectivity index (χ0v) is 12.7. The molecule has 4 heteroatoms. The van der Waals surface area contributed by atoms with Gasteiger partial charge >= 0.3 is 0 Å². The Morgan fingerprint density at radius 1 is 1.28 bits per heavy atom. The van der Waals surface area contributed by atoms with E-state index in [0.29, 0.717) is 0 Å². The number of benzene rings is 1. The summed E-state index contributed by atoms with van der Waals surface area (Å²) in [6.45, 7) is 6.25. The second-order valence-corrected chi connectivity index (χ2v) is 5.47. The van der Waals surface area contributed by atoms with E-state index in [1.807, 2.05) is 18.7 Å². The highest BCUT2D eigenvalue weighted by molar-refractivity contribution is 9.10. The number of hydrogen-bond acceptors (Lipinski definition) is 2. The van der Waals surface area contributed by atoms with Gasteiger partial charge in [0, 0.05) is 16.2 Å². The Balaban J connectivity index is 2.60. The summed E-state index contributed by atoms with van der Waals surface area (Å²) in [6, 6.07) is 8.68. The summed E-state index contributed by atoms with van der Waals surface area (Å²) in [4.78, 5) is 0. The molecule has 0 amide bonds. The van der Waals surface area contributed by atoms with Crippen molar-refractivity contribution in [3.8, 4) is 5.69 Å². The van der Waals surface area contributed by atoms with Crippen molar-refractivity contribution in [1.29, 1.82) is 0 Å². The lowest BCUT2D eigenvalue weighted by Gasteiger charge is -2.17. The van der Waals surface area contributed by atoms with Gasteiger partial charge in [-0.15, -0.1) is 0 Å². The standard InChI is InChI=1S/C14H18BrN3/c1-9-7-10(2)18(17-9)14-6-5-12(15)8-13(14)11(3)16-4/h5-8,11,16H,1-4H3. The summed E-state index contributed by atoms with van der Waals surface area (Å²) in [5.74, 6) is 0. The molecule has 1 atom stereocenters. The first-order valence-electron chi connectivity index (χ1n) is 6.03. The quantitative estimate of drug-likeness (QED) is 0.940. The van der Waals surface area contributed by atoms with Gasteiger partial charge < -0.3 is 5.32 Å². The van der Waals surface area contributed by atoms with E-state index in [1.165, 1.54) is 5.56 Å². The summed E-state index contributed by atoms with van der Waals surface area (Å²) < 4.78 is 3.09. The predicted octanol–water partition coefficient (Wildman–Crippen LogP) is 3.53. The van der Waals surface area contributed by atoms with Crippen LogP contribution in [0.25, 0.3) is 5.69 Å². The van der Waals surface area contributed by atoms with Crippen molar-refractivity contribution < 1.29 is 0 Å². The van der Waals surface area contributed by atoms with Crippen molar-refractivity contribution in [3.05, 3.63) is 45.7 Å². The number of halogens is 1. The Kier molecular flexibility index (Phi) is 3.88. The second kappa shape index (κ2) is 5.24. The van der Waals surface area contributed by atoms with Gasteiger partial charge in [0.1, 0.15) is 0 Å². The summed E-state index contributed by atoms with van der Waals surface area (Å²) in [6.07, 6.45) is 0. The van der Waals surface area contributed by atoms with Crippen molar-refractivity contribution in [3.63, 3.8) is 0 Å². The highest BCUT2D eigenvalue weighted by Gasteiger charge is 2.13. The lowest BCUT2D eigenvalue weighted by atomic mass is 10.1. The minimum absolute atomic E-state index is 0.279. The summed E-state index contributed by atoms with van der Waals surface area (Å²) in [5.41, 5.74) is 4.56. The van der Waals surface area contributed by atoms with E-state index in [0.717, 1.165) is 21.5 Å². The van der Waals surface area contributed by atoms with Gasteiger partial charge in [0.25, 0.3) is 0 Å². The van der Waals surface area contributed by atoms with Gasteiger partial charge in [-0.25, -0.2) is 4.68 Å². The van der Waals surface area contributed by atoms with Crippen LogP contribution in [0, 0.1) is 13.8 Å². The Bertz CT molecular complexity index is 560. The van der Waals surface area contributed by atoms with Crippen molar-refractivity contribution in [2.75, 3.05) is 7.05 Å². The maximum Gasteiger partial charge on any atom is 0.0697 e. The van der Waals surface area contributed by atoms with Crippen LogP contribution < -0.4 is 5.32 Å². The molecule has 1 N–H and O–H groups in total. The zero-order valence-electron chi connectivity index (χ0n) is 11.2. The summed E-state index contributed by atoms with van der Waals surface area (Å²) >= 11 is 3.53. The predicted molar refractivity (Wildman–Crippen MR) is 78.2 cm³/mol. The topological polar surface area (TPSA) is 29.9 Å². The van der Waals surface area contributed by atoms with Gasteiger partial charge in [0.05, 0.1) is 11.4 Å². The third kappa shape index (κ3) is 2.49. The molecule has 0 aliphatic rings. The van der Waals surface area contributed by atoms with E-state index in [2.05, 4.69) is 64.5 Å². The number of rotatable bonds is 3. The average Bonchev–Trinajstić information content (AvgIpc) is 2.67. The van der Waals surface area contributed by atoms with Crippen LogP contribution in [-0.4, -0.2) is 16.8 Å². The van der Waals surface area contributed by atoms with Crippen molar-refractivity contribution >= 4 is 15.9 Å². The number of hydrogen-bond donors (Lipinski definition) is 1. The van der Waals surface area contributed by atoms with E-state index < -0.39 is 0 Å². The lowest BCUT2D eigenvalue weighted by Crippen LogP contribution is -2.16. The molecule has 18 heavy (non-hydrogen) atoms. The molecule has 0 spiro atoms. The molecule has 3 nitrogen and oxygen atoms in total. The van der Waals surface area contributed by atoms with E-state index in [9.17, 15) is 0 Å². The second-order valence-electron chi connectivity index (χ2n) is 4.55. The molecule has 0 saturated carbocycles. The molecular formula is C14H18BrN3. The highest BCUT2D eigenvalue weighted by Crippen LogP contribution is 2.26. The van der Waals surface area contributed by atoms with Crippen LogP contribution in [0.2, 0.25) is 0 Å².